The highest BCUT2D eigenvalue weighted by molar-refractivity contribution is 5.84. The maximum atomic E-state index is 12.4. The van der Waals surface area contributed by atoms with Gasteiger partial charge in [0.25, 0.3) is 0 Å². The van der Waals surface area contributed by atoms with E-state index in [2.05, 4.69) is 22.8 Å². The molecule has 3 rings (SSSR count). The van der Waals surface area contributed by atoms with Crippen LogP contribution in [0.15, 0.2) is 48.5 Å². The maximum absolute atomic E-state index is 12.4. The van der Waals surface area contributed by atoms with E-state index in [0.29, 0.717) is 12.8 Å². The van der Waals surface area contributed by atoms with Gasteiger partial charge in [0.05, 0.1) is 6.54 Å². The summed E-state index contributed by atoms with van der Waals surface area (Å²) in [5.74, 6) is -1.75. The van der Waals surface area contributed by atoms with Crippen LogP contribution in [0, 0.1) is 0 Å². The van der Waals surface area contributed by atoms with Gasteiger partial charge in [-0.1, -0.05) is 113 Å². The number of esters is 1. The molecule has 0 spiro atoms. The number of ether oxygens (including phenoxy) is 2. The van der Waals surface area contributed by atoms with Crippen molar-refractivity contribution in [1.82, 2.24) is 10.6 Å². The van der Waals surface area contributed by atoms with Crippen LogP contribution in [0.2, 0.25) is 0 Å². The SMILES string of the molecule is CC(C)(C)OC(=O)CCCCCCCCCCCCCCC(=O)NC(CNC(=O)OCC1c2ccccc2-c2ccccc21)C(=O)O. The number of hydrogen-bond acceptors (Lipinski definition) is 6. The minimum atomic E-state index is -1.23. The number of carbonyl (C=O) groups excluding carboxylic acids is 3. The van der Waals surface area contributed by atoms with Gasteiger partial charge in [0.1, 0.15) is 18.2 Å². The van der Waals surface area contributed by atoms with Crippen LogP contribution < -0.4 is 10.6 Å². The van der Waals surface area contributed by atoms with Crippen LogP contribution in [0.3, 0.4) is 0 Å². The van der Waals surface area contributed by atoms with Gasteiger partial charge in [0.2, 0.25) is 5.91 Å². The van der Waals surface area contributed by atoms with E-state index in [0.717, 1.165) is 60.8 Å². The number of carbonyl (C=O) groups is 4. The first-order chi connectivity index (χ1) is 22.5. The number of rotatable bonds is 21. The molecule has 3 N–H and O–H groups in total. The highest BCUT2D eigenvalue weighted by atomic mass is 16.6. The Morgan fingerprint density at radius 3 is 1.68 bits per heavy atom. The summed E-state index contributed by atoms with van der Waals surface area (Å²) in [5, 5.41) is 14.6. The molecular weight excluding hydrogens is 596 g/mol. The molecule has 0 heterocycles. The zero-order valence-corrected chi connectivity index (χ0v) is 28.5. The summed E-state index contributed by atoms with van der Waals surface area (Å²) in [4.78, 5) is 48.3. The third-order valence-corrected chi connectivity index (χ3v) is 8.38. The number of amides is 2. The molecule has 0 aliphatic heterocycles. The largest absolute Gasteiger partial charge is 0.480 e. The Bertz CT molecular complexity index is 1260. The summed E-state index contributed by atoms with van der Waals surface area (Å²) in [7, 11) is 0. The number of unbranched alkanes of at least 4 members (excludes halogenated alkanes) is 11. The van der Waals surface area contributed by atoms with E-state index in [4.69, 9.17) is 9.47 Å². The third-order valence-electron chi connectivity index (χ3n) is 8.38. The van der Waals surface area contributed by atoms with Crippen molar-refractivity contribution in [1.29, 1.82) is 0 Å². The predicted molar refractivity (Wildman–Crippen MR) is 183 cm³/mol. The van der Waals surface area contributed by atoms with Gasteiger partial charge in [-0.05, 0) is 55.9 Å². The van der Waals surface area contributed by atoms with E-state index in [1.165, 1.54) is 32.1 Å². The molecule has 1 aliphatic rings. The van der Waals surface area contributed by atoms with Crippen molar-refractivity contribution in [3.05, 3.63) is 59.7 Å². The zero-order valence-electron chi connectivity index (χ0n) is 28.5. The monoisotopic (exact) mass is 650 g/mol. The van der Waals surface area contributed by atoms with Gasteiger partial charge >= 0.3 is 18.0 Å². The fourth-order valence-electron chi connectivity index (χ4n) is 6.02. The molecule has 1 unspecified atom stereocenters. The third kappa shape index (κ3) is 13.8. The normalized spacial score (nSPS) is 12.9. The summed E-state index contributed by atoms with van der Waals surface area (Å²) in [6, 6.07) is 14.8. The molecule has 258 valence electrons. The summed E-state index contributed by atoms with van der Waals surface area (Å²) in [5.41, 5.74) is 4.02. The van der Waals surface area contributed by atoms with Gasteiger partial charge in [0, 0.05) is 18.8 Å². The van der Waals surface area contributed by atoms with Gasteiger partial charge in [0.15, 0.2) is 0 Å². The zero-order chi connectivity index (χ0) is 34.1. The van der Waals surface area contributed by atoms with Crippen molar-refractivity contribution in [2.75, 3.05) is 13.2 Å². The molecular formula is C38H54N2O7. The molecule has 0 radical (unpaired) electrons. The van der Waals surface area contributed by atoms with Gasteiger partial charge in [-0.25, -0.2) is 9.59 Å². The molecule has 0 saturated carbocycles. The smallest absolute Gasteiger partial charge is 0.407 e. The van der Waals surface area contributed by atoms with Crippen LogP contribution in [0.5, 0.6) is 0 Å². The Balaban J connectivity index is 1.19. The van der Waals surface area contributed by atoms with Gasteiger partial charge in [-0.3, -0.25) is 9.59 Å². The predicted octanol–water partition coefficient (Wildman–Crippen LogP) is 7.90. The van der Waals surface area contributed by atoms with Crippen LogP contribution >= 0.6 is 0 Å². The van der Waals surface area contributed by atoms with Crippen molar-refractivity contribution in [2.24, 2.45) is 0 Å². The summed E-state index contributed by atoms with van der Waals surface area (Å²) in [6.07, 6.45) is 12.9. The average Bonchev–Trinajstić information content (AvgIpc) is 3.34. The second-order valence-corrected chi connectivity index (χ2v) is 13.5. The summed E-state index contributed by atoms with van der Waals surface area (Å²) < 4.78 is 10.8. The second kappa shape index (κ2) is 19.7. The Hall–Kier alpha value is -3.88. The van der Waals surface area contributed by atoms with E-state index in [1.54, 1.807) is 0 Å². The highest BCUT2D eigenvalue weighted by Crippen LogP contribution is 2.44. The van der Waals surface area contributed by atoms with Gasteiger partial charge < -0.3 is 25.2 Å². The van der Waals surface area contributed by atoms with Crippen molar-refractivity contribution in [2.45, 2.75) is 128 Å². The van der Waals surface area contributed by atoms with Crippen LogP contribution in [0.1, 0.15) is 128 Å². The number of carboxylic acid groups (broad SMARTS) is 1. The lowest BCUT2D eigenvalue weighted by molar-refractivity contribution is -0.155. The molecule has 1 aliphatic carbocycles. The minimum Gasteiger partial charge on any atom is -0.480 e. The average molecular weight is 651 g/mol. The fourth-order valence-corrected chi connectivity index (χ4v) is 6.02. The van der Waals surface area contributed by atoms with Crippen molar-refractivity contribution in [3.8, 4) is 11.1 Å². The van der Waals surface area contributed by atoms with Gasteiger partial charge in [-0.15, -0.1) is 0 Å². The van der Waals surface area contributed by atoms with E-state index in [1.807, 2.05) is 57.2 Å². The first kappa shape index (κ1) is 37.6. The Kier molecular flexibility index (Phi) is 15.8. The maximum Gasteiger partial charge on any atom is 0.407 e. The molecule has 0 bridgehead atoms. The van der Waals surface area contributed by atoms with Crippen LogP contribution in [-0.2, 0) is 23.9 Å². The number of fused-ring (bicyclic) bond motifs is 3. The lowest BCUT2D eigenvalue weighted by atomic mass is 9.98. The molecule has 0 saturated heterocycles. The van der Waals surface area contributed by atoms with E-state index in [9.17, 15) is 24.3 Å². The number of alkyl carbamates (subject to hydrolysis) is 1. The van der Waals surface area contributed by atoms with Crippen molar-refractivity contribution >= 4 is 23.9 Å². The molecule has 47 heavy (non-hydrogen) atoms. The van der Waals surface area contributed by atoms with E-state index >= 15 is 0 Å². The molecule has 9 heteroatoms. The Morgan fingerprint density at radius 1 is 0.723 bits per heavy atom. The quantitative estimate of drug-likeness (QED) is 0.0925. The number of hydrogen-bond donors (Lipinski definition) is 3. The highest BCUT2D eigenvalue weighted by Gasteiger charge is 2.29. The molecule has 2 amide bonds. The molecule has 0 aromatic heterocycles. The minimum absolute atomic E-state index is 0.0947. The van der Waals surface area contributed by atoms with E-state index in [-0.39, 0.29) is 37.4 Å². The molecule has 2 aromatic carbocycles. The molecule has 9 nitrogen and oxygen atoms in total. The standard InChI is InChI=1S/C38H54N2O7/c1-38(2,3)47-35(42)25-15-13-11-9-7-5-4-6-8-10-12-14-24-34(41)40-33(36(43)44)26-39-37(45)46-27-32-30-22-18-16-20-28(30)29-21-17-19-23-31(29)32/h16-23,32-33H,4-15,24-27H2,1-3H3,(H,39,45)(H,40,41)(H,43,44). The number of carboxylic acids is 1. The Labute approximate surface area is 280 Å². The summed E-state index contributed by atoms with van der Waals surface area (Å²) >= 11 is 0. The first-order valence-corrected chi connectivity index (χ1v) is 17.4. The topological polar surface area (TPSA) is 131 Å². The second-order valence-electron chi connectivity index (χ2n) is 13.5. The van der Waals surface area contributed by atoms with Gasteiger partial charge in [-0.2, -0.15) is 0 Å². The molecule has 2 aromatic rings. The van der Waals surface area contributed by atoms with Crippen LogP contribution in [0.25, 0.3) is 11.1 Å². The van der Waals surface area contributed by atoms with E-state index < -0.39 is 23.7 Å². The van der Waals surface area contributed by atoms with Crippen LogP contribution in [-0.4, -0.2) is 53.8 Å². The number of nitrogens with one attached hydrogen (secondary N) is 2. The lowest BCUT2D eigenvalue weighted by Crippen LogP contribution is -2.48. The first-order valence-electron chi connectivity index (χ1n) is 17.4. The van der Waals surface area contributed by atoms with Crippen molar-refractivity contribution < 1.29 is 33.8 Å². The summed E-state index contributed by atoms with van der Waals surface area (Å²) in [6.45, 7) is 5.54. The molecule has 1 atom stereocenters. The lowest BCUT2D eigenvalue weighted by Gasteiger charge is -2.19. The fraction of sp³-hybridized carbons (Fsp3) is 0.579. The van der Waals surface area contributed by atoms with Crippen molar-refractivity contribution in [3.63, 3.8) is 0 Å². The Morgan fingerprint density at radius 2 is 1.19 bits per heavy atom. The number of aliphatic carboxylic acids is 1. The van der Waals surface area contributed by atoms with Crippen LogP contribution in [0.4, 0.5) is 4.79 Å². The number of benzene rings is 2. The molecule has 0 fully saturated rings.